The van der Waals surface area contributed by atoms with Gasteiger partial charge in [-0.05, 0) is 29.5 Å². The fourth-order valence-electron chi connectivity index (χ4n) is 1.90. The second-order valence-corrected chi connectivity index (χ2v) is 4.11. The van der Waals surface area contributed by atoms with E-state index in [0.29, 0.717) is 17.0 Å². The molecule has 0 aliphatic heterocycles. The number of rotatable bonds is 2. The third-order valence-electron chi connectivity index (χ3n) is 2.79. The van der Waals surface area contributed by atoms with E-state index < -0.39 is 5.97 Å². The van der Waals surface area contributed by atoms with Gasteiger partial charge >= 0.3 is 5.97 Å². The molecule has 0 radical (unpaired) electrons. The zero-order valence-corrected chi connectivity index (χ0v) is 9.42. The van der Waals surface area contributed by atoms with Crippen LogP contribution < -0.4 is 0 Å². The van der Waals surface area contributed by atoms with Crippen LogP contribution in [0.2, 0.25) is 0 Å². The molecule has 0 spiro atoms. The van der Waals surface area contributed by atoms with Crippen LogP contribution in [0.4, 0.5) is 0 Å². The number of aryl methyl sites for hydroxylation is 1. The lowest BCUT2D eigenvalue weighted by Gasteiger charge is -2.19. The zero-order chi connectivity index (χ0) is 11.7. The van der Waals surface area contributed by atoms with Gasteiger partial charge in [-0.2, -0.15) is 0 Å². The zero-order valence-electron chi connectivity index (χ0n) is 8.66. The number of fused-ring (bicyclic) bond motifs is 1. The van der Waals surface area contributed by atoms with Crippen molar-refractivity contribution in [2.45, 2.75) is 12.8 Å². The number of aliphatic carboxylic acids is 1. The van der Waals surface area contributed by atoms with E-state index in [9.17, 15) is 4.79 Å². The number of hydrogen-bond acceptors (Lipinski definition) is 1. The minimum Gasteiger partial charge on any atom is -0.478 e. The fraction of sp³-hybridized carbons (Fsp3) is 0.154. The molecule has 0 fully saturated rings. The van der Waals surface area contributed by atoms with E-state index in [1.807, 2.05) is 24.3 Å². The molecular formula is C13H11ClO2. The van der Waals surface area contributed by atoms with Crippen molar-refractivity contribution in [1.29, 1.82) is 0 Å². The summed E-state index contributed by atoms with van der Waals surface area (Å²) in [4.78, 5) is 10.9. The van der Waals surface area contributed by atoms with E-state index in [0.717, 1.165) is 17.5 Å². The number of carboxylic acids is 1. The van der Waals surface area contributed by atoms with Gasteiger partial charge in [-0.1, -0.05) is 42.4 Å². The number of carbonyl (C=O) groups is 1. The summed E-state index contributed by atoms with van der Waals surface area (Å²) in [5.74, 6) is -1.01. The Bertz CT molecular complexity index is 500. The van der Waals surface area contributed by atoms with E-state index in [1.165, 1.54) is 0 Å². The minimum atomic E-state index is -1.01. The molecule has 1 aliphatic carbocycles. The van der Waals surface area contributed by atoms with Gasteiger partial charge in [0.05, 0.1) is 10.6 Å². The smallest absolute Gasteiger partial charge is 0.335 e. The Morgan fingerprint density at radius 3 is 2.69 bits per heavy atom. The molecule has 0 unspecified atom stereocenters. The van der Waals surface area contributed by atoms with Gasteiger partial charge in [-0.15, -0.1) is 0 Å². The largest absolute Gasteiger partial charge is 0.478 e. The fourth-order valence-corrected chi connectivity index (χ4v) is 2.29. The summed E-state index contributed by atoms with van der Waals surface area (Å²) in [6.07, 6.45) is 1.45. The summed E-state index contributed by atoms with van der Waals surface area (Å²) in [5.41, 5.74) is 2.83. The summed E-state index contributed by atoms with van der Waals surface area (Å²) < 4.78 is 0. The standard InChI is InChI=1S/C13H11ClO2/c1-8(13(15)16)10-7-6-9-4-2-3-5-11(9)12(10)14/h2-5H,1,6-7H2,(H,15,16). The van der Waals surface area contributed by atoms with E-state index in [-0.39, 0.29) is 5.57 Å². The average Bonchev–Trinajstić information content (AvgIpc) is 2.29. The quantitative estimate of drug-likeness (QED) is 0.798. The monoisotopic (exact) mass is 234 g/mol. The predicted molar refractivity (Wildman–Crippen MR) is 64.3 cm³/mol. The van der Waals surface area contributed by atoms with Gasteiger partial charge in [0.15, 0.2) is 0 Å². The van der Waals surface area contributed by atoms with Gasteiger partial charge < -0.3 is 5.11 Å². The molecule has 0 saturated carbocycles. The first-order chi connectivity index (χ1) is 7.61. The van der Waals surface area contributed by atoms with Crippen molar-refractivity contribution in [2.24, 2.45) is 0 Å². The Morgan fingerprint density at radius 2 is 2.00 bits per heavy atom. The van der Waals surface area contributed by atoms with Crippen LogP contribution in [0.3, 0.4) is 0 Å². The lowest BCUT2D eigenvalue weighted by molar-refractivity contribution is -0.132. The maximum absolute atomic E-state index is 10.9. The van der Waals surface area contributed by atoms with Gasteiger partial charge in [0.2, 0.25) is 0 Å². The second kappa shape index (κ2) is 4.14. The molecule has 0 aromatic heterocycles. The topological polar surface area (TPSA) is 37.3 Å². The van der Waals surface area contributed by atoms with E-state index in [4.69, 9.17) is 16.7 Å². The number of carboxylic acid groups (broad SMARTS) is 1. The number of benzene rings is 1. The third-order valence-corrected chi connectivity index (χ3v) is 3.22. The van der Waals surface area contributed by atoms with Gasteiger partial charge in [-0.25, -0.2) is 4.79 Å². The highest BCUT2D eigenvalue weighted by molar-refractivity contribution is 6.50. The Labute approximate surface area is 98.9 Å². The second-order valence-electron chi connectivity index (χ2n) is 3.73. The van der Waals surface area contributed by atoms with Crippen molar-refractivity contribution < 1.29 is 9.90 Å². The first-order valence-electron chi connectivity index (χ1n) is 5.00. The van der Waals surface area contributed by atoms with Crippen LogP contribution in [0.25, 0.3) is 5.03 Å². The van der Waals surface area contributed by atoms with Crippen molar-refractivity contribution in [3.8, 4) is 0 Å². The SMILES string of the molecule is C=C(C(=O)O)C1=C(Cl)c2ccccc2CC1. The Morgan fingerprint density at radius 1 is 1.31 bits per heavy atom. The van der Waals surface area contributed by atoms with Crippen LogP contribution in [0.1, 0.15) is 17.5 Å². The highest BCUT2D eigenvalue weighted by Crippen LogP contribution is 2.36. The molecular weight excluding hydrogens is 224 g/mol. The predicted octanol–water partition coefficient (Wildman–Crippen LogP) is 3.22. The highest BCUT2D eigenvalue weighted by atomic mass is 35.5. The molecule has 3 heteroatoms. The molecule has 2 nitrogen and oxygen atoms in total. The Hall–Kier alpha value is -1.54. The number of hydrogen-bond donors (Lipinski definition) is 1. The van der Waals surface area contributed by atoms with E-state index in [2.05, 4.69) is 6.58 Å². The summed E-state index contributed by atoms with van der Waals surface area (Å²) in [6, 6.07) is 7.78. The summed E-state index contributed by atoms with van der Waals surface area (Å²) in [5, 5.41) is 9.43. The molecule has 82 valence electrons. The highest BCUT2D eigenvalue weighted by Gasteiger charge is 2.21. The van der Waals surface area contributed by atoms with Gasteiger partial charge in [0, 0.05) is 0 Å². The minimum absolute atomic E-state index is 0.0968. The van der Waals surface area contributed by atoms with Crippen LogP contribution >= 0.6 is 11.6 Å². The summed E-state index contributed by atoms with van der Waals surface area (Å²) >= 11 is 6.21. The van der Waals surface area contributed by atoms with E-state index >= 15 is 0 Å². The first kappa shape index (κ1) is 11.0. The lowest BCUT2D eigenvalue weighted by Crippen LogP contribution is -2.09. The molecule has 0 amide bonds. The molecule has 1 aliphatic rings. The molecule has 1 N–H and O–H groups in total. The van der Waals surface area contributed by atoms with Crippen molar-refractivity contribution in [3.05, 3.63) is 53.1 Å². The molecule has 2 rings (SSSR count). The van der Waals surface area contributed by atoms with Crippen LogP contribution in [-0.4, -0.2) is 11.1 Å². The van der Waals surface area contributed by atoms with Crippen molar-refractivity contribution in [2.75, 3.05) is 0 Å². The van der Waals surface area contributed by atoms with Crippen LogP contribution in [0.15, 0.2) is 42.0 Å². The van der Waals surface area contributed by atoms with Crippen LogP contribution in [0.5, 0.6) is 0 Å². The molecule has 1 aromatic carbocycles. The van der Waals surface area contributed by atoms with Gasteiger partial charge in [0.1, 0.15) is 0 Å². The average molecular weight is 235 g/mol. The molecule has 0 saturated heterocycles. The summed E-state index contributed by atoms with van der Waals surface area (Å²) in [7, 11) is 0. The van der Waals surface area contributed by atoms with Crippen molar-refractivity contribution >= 4 is 22.6 Å². The molecule has 1 aromatic rings. The Balaban J connectivity index is 2.51. The third kappa shape index (κ3) is 1.76. The number of halogens is 1. The molecule has 0 heterocycles. The maximum atomic E-state index is 10.9. The van der Waals surface area contributed by atoms with Crippen LogP contribution in [0, 0.1) is 0 Å². The summed E-state index contributed by atoms with van der Waals surface area (Å²) in [6.45, 7) is 3.56. The van der Waals surface area contributed by atoms with Crippen molar-refractivity contribution in [3.63, 3.8) is 0 Å². The van der Waals surface area contributed by atoms with Gasteiger partial charge in [-0.3, -0.25) is 0 Å². The van der Waals surface area contributed by atoms with Crippen LogP contribution in [-0.2, 0) is 11.2 Å². The molecule has 0 atom stereocenters. The van der Waals surface area contributed by atoms with E-state index in [1.54, 1.807) is 0 Å². The molecule has 0 bridgehead atoms. The maximum Gasteiger partial charge on any atom is 0.335 e. The molecule has 16 heavy (non-hydrogen) atoms. The lowest BCUT2D eigenvalue weighted by atomic mass is 9.89. The Kier molecular flexibility index (Phi) is 2.84. The normalized spacial score (nSPS) is 14.6. The van der Waals surface area contributed by atoms with Crippen molar-refractivity contribution in [1.82, 2.24) is 0 Å². The van der Waals surface area contributed by atoms with Gasteiger partial charge in [0.25, 0.3) is 0 Å². The first-order valence-corrected chi connectivity index (χ1v) is 5.38.